The van der Waals surface area contributed by atoms with Crippen LogP contribution in [0.4, 0.5) is 5.69 Å². The Hall–Kier alpha value is -3.89. The Labute approximate surface area is 201 Å². The SMILES string of the molecule is CCCOC(=O)C1=C(C)NC2=C(C(=O)[C@@H](C(=O)OC)[C@H](C)C2)[C@H]1c1cc(OC)c(O)c([N+](=O)[O-])c1. The van der Waals surface area contributed by atoms with Crippen LogP contribution in [0.15, 0.2) is 34.7 Å². The molecule has 1 aliphatic heterocycles. The van der Waals surface area contributed by atoms with Crippen LogP contribution in [0.25, 0.3) is 0 Å². The molecule has 1 aromatic carbocycles. The third-order valence-electron chi connectivity index (χ3n) is 6.23. The van der Waals surface area contributed by atoms with Crippen molar-refractivity contribution in [3.05, 3.63) is 50.4 Å². The molecule has 0 bridgehead atoms. The van der Waals surface area contributed by atoms with Crippen molar-refractivity contribution in [1.82, 2.24) is 5.32 Å². The zero-order valence-electron chi connectivity index (χ0n) is 20.2. The van der Waals surface area contributed by atoms with E-state index in [1.807, 2.05) is 6.92 Å². The number of nitro benzene ring substituents is 1. The standard InChI is InChI=1S/C24H28N2O9/c1-6-7-35-24(30)18-12(3)25-14-8-11(2)17(23(29)34-5)22(28)20(14)19(18)13-9-15(26(31)32)21(27)16(10-13)33-4/h9-11,17,19,25,27H,6-8H2,1-5H3/t11-,17+,19+/m1/s1. The van der Waals surface area contributed by atoms with E-state index in [1.165, 1.54) is 20.3 Å². The van der Waals surface area contributed by atoms with E-state index >= 15 is 0 Å². The van der Waals surface area contributed by atoms with Crippen LogP contribution in [0.5, 0.6) is 11.5 Å². The van der Waals surface area contributed by atoms with Gasteiger partial charge in [-0.25, -0.2) is 4.79 Å². The van der Waals surface area contributed by atoms with E-state index in [1.54, 1.807) is 13.8 Å². The van der Waals surface area contributed by atoms with E-state index in [4.69, 9.17) is 14.2 Å². The quantitative estimate of drug-likeness (QED) is 0.253. The van der Waals surface area contributed by atoms with Crippen molar-refractivity contribution in [2.45, 2.75) is 39.5 Å². The predicted molar refractivity (Wildman–Crippen MR) is 122 cm³/mol. The number of nitro groups is 1. The Bertz CT molecular complexity index is 1150. The molecule has 0 fully saturated rings. The number of carbonyl (C=O) groups is 3. The number of nitrogens with zero attached hydrogens (tertiary/aromatic N) is 1. The number of Topliss-reactive ketones (excluding diaryl/α,β-unsaturated/α-hetero) is 1. The second-order valence-electron chi connectivity index (χ2n) is 8.52. The molecular weight excluding hydrogens is 460 g/mol. The molecule has 3 rings (SSSR count). The summed E-state index contributed by atoms with van der Waals surface area (Å²) in [5, 5.41) is 25.0. The predicted octanol–water partition coefficient (Wildman–Crippen LogP) is 2.88. The highest BCUT2D eigenvalue weighted by Crippen LogP contribution is 2.48. The highest BCUT2D eigenvalue weighted by Gasteiger charge is 2.47. The van der Waals surface area contributed by atoms with Crippen molar-refractivity contribution in [3.63, 3.8) is 0 Å². The number of carbonyl (C=O) groups excluding carboxylic acids is 3. The maximum atomic E-state index is 13.7. The number of aromatic hydroxyl groups is 1. The van der Waals surface area contributed by atoms with Gasteiger partial charge in [-0.3, -0.25) is 19.7 Å². The van der Waals surface area contributed by atoms with Crippen LogP contribution in [-0.2, 0) is 23.9 Å². The van der Waals surface area contributed by atoms with Gasteiger partial charge in [-0.1, -0.05) is 13.8 Å². The number of hydrogen-bond donors (Lipinski definition) is 2. The zero-order valence-corrected chi connectivity index (χ0v) is 20.2. The van der Waals surface area contributed by atoms with Crippen molar-refractivity contribution in [3.8, 4) is 11.5 Å². The molecule has 11 nitrogen and oxygen atoms in total. The van der Waals surface area contributed by atoms with Crippen molar-refractivity contribution < 1.29 is 38.6 Å². The molecule has 3 atom stereocenters. The molecule has 0 saturated carbocycles. The highest BCUT2D eigenvalue weighted by atomic mass is 16.6. The van der Waals surface area contributed by atoms with Gasteiger partial charge in [-0.2, -0.15) is 0 Å². The van der Waals surface area contributed by atoms with Gasteiger partial charge >= 0.3 is 17.6 Å². The normalized spacial score (nSPS) is 21.7. The number of hydrogen-bond acceptors (Lipinski definition) is 10. The number of esters is 2. The van der Waals surface area contributed by atoms with Crippen molar-refractivity contribution in [1.29, 1.82) is 0 Å². The Balaban J connectivity index is 2.30. The summed E-state index contributed by atoms with van der Waals surface area (Å²) < 4.78 is 15.4. The molecule has 11 heteroatoms. The number of ether oxygens (including phenoxy) is 3. The van der Waals surface area contributed by atoms with Gasteiger partial charge in [0.1, 0.15) is 5.92 Å². The highest BCUT2D eigenvalue weighted by molar-refractivity contribution is 6.12. The first kappa shape index (κ1) is 25.7. The fourth-order valence-electron chi connectivity index (χ4n) is 4.63. The molecule has 0 aromatic heterocycles. The molecule has 0 saturated heterocycles. The number of phenolic OH excluding ortho intramolecular Hbond substituents is 1. The van der Waals surface area contributed by atoms with Crippen molar-refractivity contribution in [2.75, 3.05) is 20.8 Å². The number of benzene rings is 1. The molecule has 0 spiro atoms. The number of allylic oxidation sites excluding steroid dienone is 3. The number of ketones is 1. The number of phenols is 1. The number of rotatable bonds is 7. The minimum Gasteiger partial charge on any atom is -0.500 e. The average molecular weight is 488 g/mol. The van der Waals surface area contributed by atoms with Crippen molar-refractivity contribution >= 4 is 23.4 Å². The third-order valence-corrected chi connectivity index (χ3v) is 6.23. The molecule has 0 unspecified atom stereocenters. The lowest BCUT2D eigenvalue weighted by atomic mass is 9.69. The van der Waals surface area contributed by atoms with Gasteiger partial charge in [0.25, 0.3) is 0 Å². The van der Waals surface area contributed by atoms with Crippen molar-refractivity contribution in [2.24, 2.45) is 11.8 Å². The van der Waals surface area contributed by atoms with Crippen LogP contribution in [0, 0.1) is 22.0 Å². The first-order chi connectivity index (χ1) is 16.6. The lowest BCUT2D eigenvalue weighted by Crippen LogP contribution is -2.43. The molecule has 1 aliphatic carbocycles. The lowest BCUT2D eigenvalue weighted by molar-refractivity contribution is -0.386. The summed E-state index contributed by atoms with van der Waals surface area (Å²) in [6, 6.07) is 2.43. The lowest BCUT2D eigenvalue weighted by Gasteiger charge is -2.38. The van der Waals surface area contributed by atoms with Gasteiger partial charge < -0.3 is 24.6 Å². The van der Waals surface area contributed by atoms with Gasteiger partial charge in [0, 0.05) is 29.0 Å². The molecule has 188 valence electrons. The van der Waals surface area contributed by atoms with E-state index in [0.717, 1.165) is 6.07 Å². The topological polar surface area (TPSA) is 154 Å². The largest absolute Gasteiger partial charge is 0.500 e. The smallest absolute Gasteiger partial charge is 0.336 e. The average Bonchev–Trinajstić information content (AvgIpc) is 2.81. The van der Waals surface area contributed by atoms with Crippen LogP contribution in [-0.4, -0.2) is 48.6 Å². The van der Waals surface area contributed by atoms with Gasteiger partial charge in [0.15, 0.2) is 11.5 Å². The summed E-state index contributed by atoms with van der Waals surface area (Å²) in [5.74, 6) is -5.43. The van der Waals surface area contributed by atoms with Gasteiger partial charge in [-0.15, -0.1) is 0 Å². The first-order valence-corrected chi connectivity index (χ1v) is 11.1. The fourth-order valence-corrected chi connectivity index (χ4v) is 4.63. The number of nitrogens with one attached hydrogen (secondary N) is 1. The molecule has 0 amide bonds. The van der Waals surface area contributed by atoms with Crippen LogP contribution >= 0.6 is 0 Å². The molecular formula is C24H28N2O9. The number of dihydropyridines is 1. The van der Waals surface area contributed by atoms with Crippen LogP contribution < -0.4 is 10.1 Å². The summed E-state index contributed by atoms with van der Waals surface area (Å²) in [6.45, 7) is 5.35. The Morgan fingerprint density at radius 3 is 2.54 bits per heavy atom. The van der Waals surface area contributed by atoms with Gasteiger partial charge in [0.05, 0.1) is 31.3 Å². The van der Waals surface area contributed by atoms with Crippen LogP contribution in [0.2, 0.25) is 0 Å². The van der Waals surface area contributed by atoms with E-state index in [2.05, 4.69) is 5.32 Å². The first-order valence-electron chi connectivity index (χ1n) is 11.1. The monoisotopic (exact) mass is 488 g/mol. The van der Waals surface area contributed by atoms with E-state index in [0.29, 0.717) is 24.2 Å². The number of methoxy groups -OCH3 is 2. The molecule has 1 aromatic rings. The Kier molecular flexibility index (Phi) is 7.47. The van der Waals surface area contributed by atoms with Crippen LogP contribution in [0.3, 0.4) is 0 Å². The summed E-state index contributed by atoms with van der Waals surface area (Å²) in [4.78, 5) is 50.2. The van der Waals surface area contributed by atoms with E-state index in [9.17, 15) is 29.6 Å². The molecule has 0 radical (unpaired) electrons. The molecule has 1 heterocycles. The van der Waals surface area contributed by atoms with E-state index in [-0.39, 0.29) is 35.0 Å². The molecule has 2 N–H and O–H groups in total. The molecule has 2 aliphatic rings. The van der Waals surface area contributed by atoms with Gasteiger partial charge in [-0.05, 0) is 37.3 Å². The fraction of sp³-hybridized carbons (Fsp3) is 0.458. The maximum Gasteiger partial charge on any atom is 0.336 e. The Morgan fingerprint density at radius 2 is 1.97 bits per heavy atom. The second kappa shape index (κ2) is 10.2. The zero-order chi connectivity index (χ0) is 26.0. The summed E-state index contributed by atoms with van der Waals surface area (Å²) in [6.07, 6.45) is 0.868. The second-order valence-corrected chi connectivity index (χ2v) is 8.52. The minimum atomic E-state index is -1.11. The van der Waals surface area contributed by atoms with Crippen LogP contribution in [0.1, 0.15) is 45.1 Å². The summed E-state index contributed by atoms with van der Waals surface area (Å²) in [5.41, 5.74) is 0.628. The Morgan fingerprint density at radius 1 is 1.29 bits per heavy atom. The summed E-state index contributed by atoms with van der Waals surface area (Å²) in [7, 11) is 2.42. The summed E-state index contributed by atoms with van der Waals surface area (Å²) >= 11 is 0. The third kappa shape index (κ3) is 4.58. The maximum absolute atomic E-state index is 13.7. The van der Waals surface area contributed by atoms with Gasteiger partial charge in [0.2, 0.25) is 5.75 Å². The minimum absolute atomic E-state index is 0.0748. The van der Waals surface area contributed by atoms with E-state index < -0.39 is 45.9 Å². The molecule has 35 heavy (non-hydrogen) atoms.